The summed E-state index contributed by atoms with van der Waals surface area (Å²) in [6, 6.07) is 1.68. The van der Waals surface area contributed by atoms with Gasteiger partial charge in [0.25, 0.3) is 0 Å². The average molecular weight is 286 g/mol. The first-order chi connectivity index (χ1) is 9.02. The van der Waals surface area contributed by atoms with Gasteiger partial charge in [-0.2, -0.15) is 4.98 Å². The van der Waals surface area contributed by atoms with Crippen LogP contribution < -0.4 is 11.1 Å². The van der Waals surface area contributed by atoms with Crippen LogP contribution in [0.1, 0.15) is 12.8 Å². The predicted octanol–water partition coefficient (Wildman–Crippen LogP) is 1.23. The maximum Gasteiger partial charge on any atom is 0.223 e. The highest BCUT2D eigenvalue weighted by Crippen LogP contribution is 2.26. The predicted molar refractivity (Wildman–Crippen MR) is 76.4 cm³/mol. The van der Waals surface area contributed by atoms with E-state index in [1.54, 1.807) is 6.07 Å². The molecule has 106 valence electrons. The summed E-state index contributed by atoms with van der Waals surface area (Å²) in [5.74, 6) is 0.839. The van der Waals surface area contributed by atoms with E-state index in [0.29, 0.717) is 11.0 Å². The summed E-state index contributed by atoms with van der Waals surface area (Å²) < 4.78 is 5.44. The number of likely N-dealkylation sites (N-methyl/N-ethyl adjacent to an activating group) is 1. The molecule has 0 spiro atoms. The summed E-state index contributed by atoms with van der Waals surface area (Å²) in [5, 5.41) is 3.65. The molecule has 2 heterocycles. The van der Waals surface area contributed by atoms with Gasteiger partial charge in [0.05, 0.1) is 0 Å². The van der Waals surface area contributed by atoms with Crippen molar-refractivity contribution in [2.45, 2.75) is 18.4 Å². The Kier molecular flexibility index (Phi) is 4.44. The summed E-state index contributed by atoms with van der Waals surface area (Å²) in [7, 11) is 4.18. The maximum absolute atomic E-state index is 5.87. The minimum absolute atomic E-state index is 0.0738. The lowest BCUT2D eigenvalue weighted by Gasteiger charge is -2.43. The Morgan fingerprint density at radius 2 is 2.11 bits per heavy atom. The lowest BCUT2D eigenvalue weighted by atomic mass is 9.88. The molecule has 3 N–H and O–H groups in total. The van der Waals surface area contributed by atoms with Crippen LogP contribution in [0.3, 0.4) is 0 Å². The number of aromatic nitrogens is 2. The van der Waals surface area contributed by atoms with E-state index in [1.165, 1.54) is 0 Å². The summed E-state index contributed by atoms with van der Waals surface area (Å²) in [5.41, 5.74) is 5.66. The van der Waals surface area contributed by atoms with E-state index in [2.05, 4.69) is 34.3 Å². The second-order valence-corrected chi connectivity index (χ2v) is 5.41. The molecule has 0 amide bonds. The molecular formula is C12H20ClN5O. The molecular weight excluding hydrogens is 266 g/mol. The highest BCUT2D eigenvalue weighted by Gasteiger charge is 2.34. The Bertz CT molecular complexity index is 414. The van der Waals surface area contributed by atoms with Crippen molar-refractivity contribution in [2.75, 3.05) is 44.9 Å². The van der Waals surface area contributed by atoms with Crippen LogP contribution in [0.2, 0.25) is 5.15 Å². The molecule has 0 aromatic carbocycles. The first-order valence-corrected chi connectivity index (χ1v) is 6.69. The van der Waals surface area contributed by atoms with Gasteiger partial charge in [-0.05, 0) is 26.9 Å². The van der Waals surface area contributed by atoms with E-state index >= 15 is 0 Å². The monoisotopic (exact) mass is 285 g/mol. The minimum Gasteiger partial charge on any atom is -0.381 e. The smallest absolute Gasteiger partial charge is 0.223 e. The number of nitrogens with two attached hydrogens (primary N) is 1. The van der Waals surface area contributed by atoms with Gasteiger partial charge in [0, 0.05) is 31.4 Å². The van der Waals surface area contributed by atoms with E-state index in [0.717, 1.165) is 32.6 Å². The minimum atomic E-state index is 0.0738. The van der Waals surface area contributed by atoms with Crippen LogP contribution in [0, 0.1) is 0 Å². The highest BCUT2D eigenvalue weighted by atomic mass is 35.5. The number of rotatable bonds is 4. The fraction of sp³-hybridized carbons (Fsp3) is 0.667. The van der Waals surface area contributed by atoms with Gasteiger partial charge in [-0.15, -0.1) is 0 Å². The molecule has 0 radical (unpaired) electrons. The van der Waals surface area contributed by atoms with Crippen molar-refractivity contribution in [1.29, 1.82) is 0 Å². The topological polar surface area (TPSA) is 76.3 Å². The van der Waals surface area contributed by atoms with Crippen molar-refractivity contribution in [1.82, 2.24) is 14.9 Å². The zero-order chi connectivity index (χ0) is 13.9. The van der Waals surface area contributed by atoms with Gasteiger partial charge in [-0.25, -0.2) is 4.98 Å². The van der Waals surface area contributed by atoms with Crippen molar-refractivity contribution in [3.05, 3.63) is 11.2 Å². The van der Waals surface area contributed by atoms with Crippen LogP contribution in [0.5, 0.6) is 0 Å². The Morgan fingerprint density at radius 3 is 2.68 bits per heavy atom. The van der Waals surface area contributed by atoms with Crippen LogP contribution >= 0.6 is 11.6 Å². The highest BCUT2D eigenvalue weighted by molar-refractivity contribution is 6.29. The zero-order valence-electron chi connectivity index (χ0n) is 11.3. The van der Waals surface area contributed by atoms with Crippen LogP contribution in [0.15, 0.2) is 6.07 Å². The summed E-state index contributed by atoms with van der Waals surface area (Å²) in [4.78, 5) is 10.2. The molecule has 0 aliphatic carbocycles. The van der Waals surface area contributed by atoms with Gasteiger partial charge in [-0.1, -0.05) is 11.6 Å². The van der Waals surface area contributed by atoms with Crippen LogP contribution in [0.4, 0.5) is 11.8 Å². The quantitative estimate of drug-likeness (QED) is 0.811. The lowest BCUT2D eigenvalue weighted by Crippen LogP contribution is -2.53. The maximum atomic E-state index is 5.87. The van der Waals surface area contributed by atoms with Crippen LogP contribution in [-0.4, -0.2) is 54.3 Å². The molecule has 1 saturated heterocycles. The number of hydrogen-bond donors (Lipinski definition) is 2. The number of halogens is 1. The second-order valence-electron chi connectivity index (χ2n) is 5.02. The van der Waals surface area contributed by atoms with E-state index in [-0.39, 0.29) is 11.5 Å². The second kappa shape index (κ2) is 5.90. The fourth-order valence-electron chi connectivity index (χ4n) is 2.31. The third kappa shape index (κ3) is 3.46. The lowest BCUT2D eigenvalue weighted by molar-refractivity contribution is -0.000664. The molecule has 19 heavy (non-hydrogen) atoms. The van der Waals surface area contributed by atoms with Crippen molar-refractivity contribution >= 4 is 23.4 Å². The van der Waals surface area contributed by atoms with Crippen molar-refractivity contribution in [2.24, 2.45) is 0 Å². The molecule has 1 aromatic heterocycles. The largest absolute Gasteiger partial charge is 0.381 e. The average Bonchev–Trinajstić information content (AvgIpc) is 2.36. The molecule has 1 fully saturated rings. The number of nitrogens with zero attached hydrogens (tertiary/aromatic N) is 3. The molecule has 2 rings (SSSR count). The van der Waals surface area contributed by atoms with Crippen molar-refractivity contribution in [3.63, 3.8) is 0 Å². The van der Waals surface area contributed by atoms with E-state index < -0.39 is 0 Å². The van der Waals surface area contributed by atoms with Gasteiger partial charge >= 0.3 is 0 Å². The normalized spacial score (nSPS) is 18.5. The number of nitrogens with one attached hydrogen (secondary N) is 1. The summed E-state index contributed by atoms with van der Waals surface area (Å²) >= 11 is 5.87. The molecule has 7 heteroatoms. The van der Waals surface area contributed by atoms with E-state index in [9.17, 15) is 0 Å². The van der Waals surface area contributed by atoms with Gasteiger partial charge in [0.15, 0.2) is 0 Å². The van der Waals surface area contributed by atoms with Crippen molar-refractivity contribution < 1.29 is 4.74 Å². The van der Waals surface area contributed by atoms with Gasteiger partial charge in [-0.3, -0.25) is 0 Å². The zero-order valence-corrected chi connectivity index (χ0v) is 12.1. The van der Waals surface area contributed by atoms with E-state index in [4.69, 9.17) is 22.1 Å². The Balaban J connectivity index is 2.06. The van der Waals surface area contributed by atoms with E-state index in [1.807, 2.05) is 0 Å². The Morgan fingerprint density at radius 1 is 1.42 bits per heavy atom. The number of anilines is 2. The first-order valence-electron chi connectivity index (χ1n) is 6.31. The molecule has 6 nitrogen and oxygen atoms in total. The Hall–Kier alpha value is -1.11. The molecule has 1 aliphatic heterocycles. The number of ether oxygens (including phenoxy) is 1. The summed E-state index contributed by atoms with van der Waals surface area (Å²) in [6.07, 6.45) is 1.97. The molecule has 0 saturated carbocycles. The third-order valence-corrected chi connectivity index (χ3v) is 3.88. The first kappa shape index (κ1) is 14.3. The fourth-order valence-corrected chi connectivity index (χ4v) is 2.50. The number of hydrogen-bond acceptors (Lipinski definition) is 6. The van der Waals surface area contributed by atoms with Crippen LogP contribution in [0.25, 0.3) is 0 Å². The number of nitrogen functional groups attached to an aromatic ring is 1. The molecule has 1 aromatic rings. The van der Waals surface area contributed by atoms with Gasteiger partial charge in [0.1, 0.15) is 11.0 Å². The molecule has 0 bridgehead atoms. The standard InChI is InChI=1S/C12H20ClN5O/c1-18(2)12(3-5-19-6-4-12)8-15-10-7-9(13)16-11(14)17-10/h7H,3-6,8H2,1-2H3,(H3,14,15,16,17). The molecule has 1 aliphatic rings. The van der Waals surface area contributed by atoms with Gasteiger partial charge < -0.3 is 20.7 Å². The molecule has 0 unspecified atom stereocenters. The molecule has 0 atom stereocenters. The Labute approximate surface area is 118 Å². The van der Waals surface area contributed by atoms with Crippen molar-refractivity contribution in [3.8, 4) is 0 Å². The SMILES string of the molecule is CN(C)C1(CNc2cc(Cl)nc(N)n2)CCOCC1. The summed E-state index contributed by atoms with van der Waals surface area (Å²) in [6.45, 7) is 2.34. The van der Waals surface area contributed by atoms with Crippen LogP contribution in [-0.2, 0) is 4.74 Å². The van der Waals surface area contributed by atoms with Gasteiger partial charge in [0.2, 0.25) is 5.95 Å². The third-order valence-electron chi connectivity index (χ3n) is 3.68.